The Morgan fingerprint density at radius 2 is 1.76 bits per heavy atom. The Balaban J connectivity index is 1.84. The summed E-state index contributed by atoms with van der Waals surface area (Å²) in [5.74, 6) is 0.687. The van der Waals surface area contributed by atoms with Crippen LogP contribution in [0.4, 0.5) is 0 Å². The van der Waals surface area contributed by atoms with Gasteiger partial charge in [0.05, 0.1) is 18.4 Å². The number of carbonyl (C=O) groups excluding carboxylic acids is 1. The number of aryl methyl sites for hydroxylation is 1. The molecule has 0 radical (unpaired) electrons. The van der Waals surface area contributed by atoms with Gasteiger partial charge in [0.1, 0.15) is 5.75 Å². The van der Waals surface area contributed by atoms with Crippen LogP contribution in [0.2, 0.25) is 0 Å². The Hall–Kier alpha value is -2.38. The van der Waals surface area contributed by atoms with E-state index in [1.807, 2.05) is 25.1 Å². The van der Waals surface area contributed by atoms with Crippen LogP contribution in [0.5, 0.6) is 5.75 Å². The molecule has 3 N–H and O–H groups in total. The van der Waals surface area contributed by atoms with Crippen LogP contribution in [-0.2, 0) is 27.7 Å². The van der Waals surface area contributed by atoms with Crippen molar-refractivity contribution < 1.29 is 17.9 Å². The summed E-state index contributed by atoms with van der Waals surface area (Å²) in [5.41, 5.74) is 2.83. The zero-order chi connectivity index (χ0) is 18.4. The molecule has 0 unspecified atom stereocenters. The van der Waals surface area contributed by atoms with Crippen molar-refractivity contribution in [1.82, 2.24) is 5.32 Å². The third kappa shape index (κ3) is 5.58. The predicted octanol–water partition coefficient (Wildman–Crippen LogP) is 1.55. The maximum Gasteiger partial charge on any atom is 0.238 e. The minimum absolute atomic E-state index is 0.0768. The molecule has 0 spiro atoms. The average molecular weight is 362 g/mol. The molecule has 0 aromatic heterocycles. The van der Waals surface area contributed by atoms with E-state index < -0.39 is 10.0 Å². The van der Waals surface area contributed by atoms with Crippen LogP contribution < -0.4 is 15.2 Å². The second-order valence-electron chi connectivity index (χ2n) is 5.77. The fraction of sp³-hybridized carbons (Fsp3) is 0.278. The first kappa shape index (κ1) is 19.0. The SMILES string of the molecule is COc1cc(CC(=O)NCCc2ccc(S(N)(=O)=O)cc2)ccc1C. The van der Waals surface area contributed by atoms with Gasteiger partial charge in [-0.3, -0.25) is 4.79 Å². The van der Waals surface area contributed by atoms with E-state index in [0.29, 0.717) is 13.0 Å². The maximum absolute atomic E-state index is 12.0. The van der Waals surface area contributed by atoms with E-state index in [1.54, 1.807) is 19.2 Å². The first-order valence-electron chi connectivity index (χ1n) is 7.81. The van der Waals surface area contributed by atoms with Crippen LogP contribution in [0, 0.1) is 6.92 Å². The minimum atomic E-state index is -3.68. The fourth-order valence-electron chi connectivity index (χ4n) is 2.41. The van der Waals surface area contributed by atoms with Gasteiger partial charge in [-0.1, -0.05) is 24.3 Å². The van der Waals surface area contributed by atoms with Crippen molar-refractivity contribution in [2.45, 2.75) is 24.7 Å². The van der Waals surface area contributed by atoms with Crippen LogP contribution in [0.15, 0.2) is 47.4 Å². The number of nitrogens with two attached hydrogens (primary N) is 1. The van der Waals surface area contributed by atoms with E-state index in [-0.39, 0.29) is 17.2 Å². The molecule has 2 aromatic rings. The van der Waals surface area contributed by atoms with Crippen molar-refractivity contribution in [3.8, 4) is 5.75 Å². The standard InChI is InChI=1S/C18H22N2O4S/c1-13-3-4-15(11-17(13)24-2)12-18(21)20-10-9-14-5-7-16(8-6-14)25(19,22)23/h3-8,11H,9-10,12H2,1-2H3,(H,20,21)(H2,19,22,23). The number of rotatable bonds is 7. The van der Waals surface area contributed by atoms with Gasteiger partial charge in [0.2, 0.25) is 15.9 Å². The summed E-state index contributed by atoms with van der Waals surface area (Å²) in [6, 6.07) is 12.0. The number of benzene rings is 2. The van der Waals surface area contributed by atoms with E-state index in [0.717, 1.165) is 22.4 Å². The van der Waals surface area contributed by atoms with E-state index in [1.165, 1.54) is 12.1 Å². The summed E-state index contributed by atoms with van der Waals surface area (Å²) in [5, 5.41) is 7.91. The van der Waals surface area contributed by atoms with E-state index >= 15 is 0 Å². The molecule has 7 heteroatoms. The topological polar surface area (TPSA) is 98.5 Å². The number of hydrogen-bond acceptors (Lipinski definition) is 4. The first-order valence-corrected chi connectivity index (χ1v) is 9.36. The highest BCUT2D eigenvalue weighted by molar-refractivity contribution is 7.89. The minimum Gasteiger partial charge on any atom is -0.496 e. The highest BCUT2D eigenvalue weighted by Crippen LogP contribution is 2.19. The average Bonchev–Trinajstić information content (AvgIpc) is 2.56. The van der Waals surface area contributed by atoms with E-state index in [9.17, 15) is 13.2 Å². The number of primary sulfonamides is 1. The molecule has 25 heavy (non-hydrogen) atoms. The van der Waals surface area contributed by atoms with Crippen molar-refractivity contribution >= 4 is 15.9 Å². The van der Waals surface area contributed by atoms with Crippen molar-refractivity contribution in [2.75, 3.05) is 13.7 Å². The molecule has 0 atom stereocenters. The number of amides is 1. The van der Waals surface area contributed by atoms with Crippen molar-refractivity contribution in [3.05, 3.63) is 59.2 Å². The molecule has 0 aliphatic rings. The molecule has 0 bridgehead atoms. The summed E-state index contributed by atoms with van der Waals surface area (Å²) < 4.78 is 27.7. The van der Waals surface area contributed by atoms with Gasteiger partial charge in [0.25, 0.3) is 0 Å². The number of hydrogen-bond donors (Lipinski definition) is 2. The summed E-state index contributed by atoms with van der Waals surface area (Å²) >= 11 is 0. The molecule has 134 valence electrons. The van der Waals surface area contributed by atoms with Gasteiger partial charge in [0.15, 0.2) is 0 Å². The Kier molecular flexibility index (Phi) is 6.17. The van der Waals surface area contributed by atoms with Crippen LogP contribution >= 0.6 is 0 Å². The fourth-order valence-corrected chi connectivity index (χ4v) is 2.93. The van der Waals surface area contributed by atoms with Crippen molar-refractivity contribution in [3.63, 3.8) is 0 Å². The Morgan fingerprint density at radius 3 is 2.36 bits per heavy atom. The Bertz CT molecular complexity index is 846. The van der Waals surface area contributed by atoms with Crippen LogP contribution in [-0.4, -0.2) is 28.0 Å². The van der Waals surface area contributed by atoms with Crippen molar-refractivity contribution in [2.24, 2.45) is 5.14 Å². The van der Waals surface area contributed by atoms with Crippen LogP contribution in [0.1, 0.15) is 16.7 Å². The molecule has 2 rings (SSSR count). The lowest BCUT2D eigenvalue weighted by Gasteiger charge is -2.09. The number of methoxy groups -OCH3 is 1. The quantitative estimate of drug-likeness (QED) is 0.781. The third-order valence-electron chi connectivity index (χ3n) is 3.82. The highest BCUT2D eigenvalue weighted by atomic mass is 32.2. The van der Waals surface area contributed by atoms with E-state index in [4.69, 9.17) is 9.88 Å². The van der Waals surface area contributed by atoms with Gasteiger partial charge in [-0.15, -0.1) is 0 Å². The van der Waals surface area contributed by atoms with Gasteiger partial charge in [-0.05, 0) is 48.2 Å². The van der Waals surface area contributed by atoms with Gasteiger partial charge in [-0.25, -0.2) is 13.6 Å². The predicted molar refractivity (Wildman–Crippen MR) is 96.0 cm³/mol. The Morgan fingerprint density at radius 1 is 1.12 bits per heavy atom. The molecule has 2 aromatic carbocycles. The lowest BCUT2D eigenvalue weighted by molar-refractivity contribution is -0.120. The normalized spacial score (nSPS) is 11.2. The van der Waals surface area contributed by atoms with Gasteiger partial charge >= 0.3 is 0 Å². The second kappa shape index (κ2) is 8.13. The van der Waals surface area contributed by atoms with Crippen LogP contribution in [0.3, 0.4) is 0 Å². The Labute approximate surface area is 148 Å². The van der Waals surface area contributed by atoms with Crippen LogP contribution in [0.25, 0.3) is 0 Å². The molecule has 0 aliphatic heterocycles. The molecular formula is C18H22N2O4S. The zero-order valence-corrected chi connectivity index (χ0v) is 15.1. The lowest BCUT2D eigenvalue weighted by Crippen LogP contribution is -2.27. The smallest absolute Gasteiger partial charge is 0.238 e. The second-order valence-corrected chi connectivity index (χ2v) is 7.33. The third-order valence-corrected chi connectivity index (χ3v) is 4.75. The molecule has 0 saturated heterocycles. The lowest BCUT2D eigenvalue weighted by atomic mass is 10.1. The molecule has 1 amide bonds. The summed E-state index contributed by atoms with van der Waals surface area (Å²) in [6.07, 6.45) is 0.884. The number of nitrogens with one attached hydrogen (secondary N) is 1. The number of ether oxygens (including phenoxy) is 1. The summed E-state index contributed by atoms with van der Waals surface area (Å²) in [6.45, 7) is 2.42. The molecule has 0 saturated carbocycles. The zero-order valence-electron chi connectivity index (χ0n) is 14.3. The monoisotopic (exact) mass is 362 g/mol. The summed E-state index contributed by atoms with van der Waals surface area (Å²) in [4.78, 5) is 12.1. The number of sulfonamides is 1. The molecule has 6 nitrogen and oxygen atoms in total. The maximum atomic E-state index is 12.0. The van der Waals surface area contributed by atoms with Gasteiger partial charge < -0.3 is 10.1 Å². The largest absolute Gasteiger partial charge is 0.496 e. The number of carbonyl (C=O) groups is 1. The van der Waals surface area contributed by atoms with Crippen molar-refractivity contribution in [1.29, 1.82) is 0 Å². The highest BCUT2D eigenvalue weighted by Gasteiger charge is 2.08. The molecule has 0 heterocycles. The molecule has 0 aliphatic carbocycles. The molecular weight excluding hydrogens is 340 g/mol. The summed E-state index contributed by atoms with van der Waals surface area (Å²) in [7, 11) is -2.07. The van der Waals surface area contributed by atoms with E-state index in [2.05, 4.69) is 5.32 Å². The first-order chi connectivity index (χ1) is 11.8. The van der Waals surface area contributed by atoms with Gasteiger partial charge in [0, 0.05) is 6.54 Å². The molecule has 0 fully saturated rings. The van der Waals surface area contributed by atoms with Gasteiger partial charge in [-0.2, -0.15) is 0 Å².